The Bertz CT molecular complexity index is 424. The fourth-order valence-electron chi connectivity index (χ4n) is 2.64. The van der Waals surface area contributed by atoms with Crippen LogP contribution >= 0.6 is 11.8 Å². The molecule has 0 saturated carbocycles. The fourth-order valence-corrected chi connectivity index (χ4v) is 3.69. The highest BCUT2D eigenvalue weighted by Gasteiger charge is 2.37. The van der Waals surface area contributed by atoms with Crippen LogP contribution in [0.25, 0.3) is 0 Å². The average molecular weight is 217 g/mol. The van der Waals surface area contributed by atoms with Crippen LogP contribution in [0.4, 0.5) is 0 Å². The molecule has 1 spiro atoms. The average Bonchev–Trinajstić information content (AvgIpc) is 2.60. The third kappa shape index (κ3) is 1.61. The van der Waals surface area contributed by atoms with E-state index >= 15 is 0 Å². The summed E-state index contributed by atoms with van der Waals surface area (Å²) in [7, 11) is 0. The van der Waals surface area contributed by atoms with E-state index in [1.54, 1.807) is 0 Å². The van der Waals surface area contributed by atoms with E-state index in [9.17, 15) is 0 Å². The summed E-state index contributed by atoms with van der Waals surface area (Å²) in [6.07, 6.45) is 3.58. The second kappa shape index (κ2) is 3.38. The number of nitrogens with zero attached hydrogens (tertiary/aromatic N) is 1. The van der Waals surface area contributed by atoms with Crippen LogP contribution in [0.2, 0.25) is 0 Å². The van der Waals surface area contributed by atoms with Crippen molar-refractivity contribution in [2.24, 2.45) is 4.99 Å². The van der Waals surface area contributed by atoms with Gasteiger partial charge in [0.25, 0.3) is 0 Å². The van der Waals surface area contributed by atoms with Gasteiger partial charge in [-0.2, -0.15) is 0 Å². The fraction of sp³-hybridized carbons (Fsp3) is 0.462. The number of thioether (sulfide) groups is 1. The Morgan fingerprint density at radius 2 is 2.07 bits per heavy atom. The Labute approximate surface area is 95.0 Å². The highest BCUT2D eigenvalue weighted by atomic mass is 32.2. The van der Waals surface area contributed by atoms with E-state index in [2.05, 4.69) is 31.2 Å². The summed E-state index contributed by atoms with van der Waals surface area (Å²) in [4.78, 5) is 4.86. The predicted molar refractivity (Wildman–Crippen MR) is 66.8 cm³/mol. The lowest BCUT2D eigenvalue weighted by Crippen LogP contribution is -2.34. The maximum Gasteiger partial charge on any atom is 0.0754 e. The van der Waals surface area contributed by atoms with Gasteiger partial charge in [0.1, 0.15) is 0 Å². The van der Waals surface area contributed by atoms with Crippen LogP contribution in [0.15, 0.2) is 29.3 Å². The van der Waals surface area contributed by atoms with Crippen molar-refractivity contribution in [3.63, 3.8) is 0 Å². The van der Waals surface area contributed by atoms with Crippen LogP contribution in [0, 0.1) is 0 Å². The van der Waals surface area contributed by atoms with Crippen LogP contribution in [0.1, 0.15) is 24.5 Å². The van der Waals surface area contributed by atoms with Crippen molar-refractivity contribution >= 4 is 16.8 Å². The van der Waals surface area contributed by atoms with E-state index in [1.807, 2.05) is 11.8 Å². The van der Waals surface area contributed by atoms with Crippen molar-refractivity contribution in [3.05, 3.63) is 35.4 Å². The third-order valence-corrected chi connectivity index (χ3v) is 4.63. The van der Waals surface area contributed by atoms with Gasteiger partial charge in [-0.05, 0) is 37.3 Å². The maximum absolute atomic E-state index is 4.86. The van der Waals surface area contributed by atoms with E-state index in [1.165, 1.54) is 34.8 Å². The first-order valence-electron chi connectivity index (χ1n) is 5.54. The minimum absolute atomic E-state index is 0.239. The van der Waals surface area contributed by atoms with Crippen molar-refractivity contribution < 1.29 is 0 Å². The monoisotopic (exact) mass is 217 g/mol. The van der Waals surface area contributed by atoms with Gasteiger partial charge in [-0.3, -0.25) is 4.99 Å². The van der Waals surface area contributed by atoms with E-state index < -0.39 is 0 Å². The first-order chi connectivity index (χ1) is 7.27. The van der Waals surface area contributed by atoms with Gasteiger partial charge in [0.15, 0.2) is 0 Å². The van der Waals surface area contributed by atoms with E-state index in [0.717, 1.165) is 6.42 Å². The Morgan fingerprint density at radius 1 is 1.27 bits per heavy atom. The molecule has 0 saturated heterocycles. The molecule has 78 valence electrons. The Hall–Kier alpha value is -0.760. The number of benzene rings is 1. The molecule has 1 heterocycles. The van der Waals surface area contributed by atoms with Gasteiger partial charge in [-0.25, -0.2) is 0 Å². The van der Waals surface area contributed by atoms with Gasteiger partial charge >= 0.3 is 0 Å². The zero-order valence-electron chi connectivity index (χ0n) is 8.99. The quantitative estimate of drug-likeness (QED) is 0.650. The molecule has 1 nitrogen and oxygen atoms in total. The van der Waals surface area contributed by atoms with Gasteiger partial charge in [0, 0.05) is 5.75 Å². The number of rotatable bonds is 0. The lowest BCUT2D eigenvalue weighted by molar-refractivity contribution is 0.426. The molecule has 15 heavy (non-hydrogen) atoms. The zero-order valence-corrected chi connectivity index (χ0v) is 9.81. The van der Waals surface area contributed by atoms with Crippen LogP contribution in [0.3, 0.4) is 0 Å². The molecule has 1 aliphatic carbocycles. The molecule has 2 heteroatoms. The molecule has 3 rings (SSSR count). The smallest absolute Gasteiger partial charge is 0.0754 e. The van der Waals surface area contributed by atoms with Crippen molar-refractivity contribution in [2.45, 2.75) is 31.7 Å². The summed E-state index contributed by atoms with van der Waals surface area (Å²) in [5.41, 5.74) is 3.29. The van der Waals surface area contributed by atoms with Crippen molar-refractivity contribution in [1.29, 1.82) is 0 Å². The number of fused-ring (bicyclic) bond motifs is 1. The predicted octanol–water partition coefficient (Wildman–Crippen LogP) is 3.08. The number of hydrogen-bond acceptors (Lipinski definition) is 2. The maximum atomic E-state index is 4.86. The standard InChI is InChI=1S/C13H15NS/c1-10-14-13(9-15-10)7-6-11-4-2-3-5-12(11)8-13/h2-5H,6-9H2,1H3. The second-order valence-corrected chi connectivity index (χ2v) is 5.76. The molecule has 0 bridgehead atoms. The first kappa shape index (κ1) is 9.46. The molecule has 0 N–H and O–H groups in total. The van der Waals surface area contributed by atoms with E-state index in [-0.39, 0.29) is 5.54 Å². The summed E-state index contributed by atoms with van der Waals surface area (Å²) in [6, 6.07) is 8.83. The highest BCUT2D eigenvalue weighted by molar-refractivity contribution is 8.14. The van der Waals surface area contributed by atoms with Crippen molar-refractivity contribution in [3.8, 4) is 0 Å². The summed E-state index contributed by atoms with van der Waals surface area (Å²) in [5.74, 6) is 1.19. The van der Waals surface area contributed by atoms with Crippen LogP contribution in [-0.4, -0.2) is 16.3 Å². The number of aliphatic imine (C=N–C) groups is 1. The highest BCUT2D eigenvalue weighted by Crippen LogP contribution is 2.38. The lowest BCUT2D eigenvalue weighted by Gasteiger charge is -2.31. The van der Waals surface area contributed by atoms with Crippen molar-refractivity contribution in [2.75, 3.05) is 5.75 Å². The molecule has 0 radical (unpaired) electrons. The summed E-state index contributed by atoms with van der Waals surface area (Å²) >= 11 is 1.93. The topological polar surface area (TPSA) is 12.4 Å². The Balaban J connectivity index is 1.95. The Kier molecular flexibility index (Phi) is 2.13. The van der Waals surface area contributed by atoms with Crippen LogP contribution < -0.4 is 0 Å². The molecule has 1 aliphatic heterocycles. The van der Waals surface area contributed by atoms with Gasteiger partial charge in [-0.15, -0.1) is 11.8 Å². The lowest BCUT2D eigenvalue weighted by atomic mass is 9.79. The summed E-state index contributed by atoms with van der Waals surface area (Å²) in [5, 5.41) is 1.27. The normalized spacial score (nSPS) is 29.0. The van der Waals surface area contributed by atoms with E-state index in [0.29, 0.717) is 0 Å². The number of aryl methyl sites for hydroxylation is 1. The molecule has 2 aliphatic rings. The molecular weight excluding hydrogens is 202 g/mol. The largest absolute Gasteiger partial charge is 0.275 e. The van der Waals surface area contributed by atoms with Crippen LogP contribution in [-0.2, 0) is 12.8 Å². The third-order valence-electron chi connectivity index (χ3n) is 3.44. The Morgan fingerprint density at radius 3 is 2.80 bits per heavy atom. The molecule has 0 fully saturated rings. The van der Waals surface area contributed by atoms with Gasteiger partial charge in [0.2, 0.25) is 0 Å². The van der Waals surface area contributed by atoms with E-state index in [4.69, 9.17) is 4.99 Å². The molecule has 0 amide bonds. The molecule has 1 aromatic rings. The summed E-state index contributed by atoms with van der Waals surface area (Å²) in [6.45, 7) is 2.14. The van der Waals surface area contributed by atoms with Gasteiger partial charge in [-0.1, -0.05) is 24.3 Å². The minimum Gasteiger partial charge on any atom is -0.275 e. The molecule has 1 aromatic carbocycles. The number of hydrogen-bond donors (Lipinski definition) is 0. The first-order valence-corrected chi connectivity index (χ1v) is 6.52. The molecule has 1 unspecified atom stereocenters. The minimum atomic E-state index is 0.239. The zero-order chi connectivity index (χ0) is 10.3. The summed E-state index contributed by atoms with van der Waals surface area (Å²) < 4.78 is 0. The van der Waals surface area contributed by atoms with Gasteiger partial charge < -0.3 is 0 Å². The van der Waals surface area contributed by atoms with Crippen molar-refractivity contribution in [1.82, 2.24) is 0 Å². The van der Waals surface area contributed by atoms with Crippen LogP contribution in [0.5, 0.6) is 0 Å². The molecule has 0 aromatic heterocycles. The molecular formula is C13H15NS. The molecule has 1 atom stereocenters. The SMILES string of the molecule is CC1=NC2(CCc3ccccc3C2)CS1. The van der Waals surface area contributed by atoms with Gasteiger partial charge in [0.05, 0.1) is 10.6 Å². The second-order valence-electron chi connectivity index (χ2n) is 4.59.